The number of benzene rings is 1. The van der Waals surface area contributed by atoms with E-state index in [1.54, 1.807) is 6.08 Å². The number of aromatic hydroxyl groups is 1. The van der Waals surface area contributed by atoms with E-state index in [1.807, 2.05) is 39.8 Å². The Morgan fingerprint density at radius 1 is 1.38 bits per heavy atom. The Bertz CT molecular complexity index is 767. The van der Waals surface area contributed by atoms with Crippen molar-refractivity contribution in [3.05, 3.63) is 34.4 Å². The van der Waals surface area contributed by atoms with E-state index < -0.39 is 11.9 Å². The number of aliphatic hydroxyl groups is 1. The summed E-state index contributed by atoms with van der Waals surface area (Å²) in [6, 6.07) is 0. The Labute approximate surface area is 141 Å². The van der Waals surface area contributed by atoms with Gasteiger partial charge in [-0.15, -0.1) is 0 Å². The molecule has 0 aromatic heterocycles. The molecule has 0 fully saturated rings. The van der Waals surface area contributed by atoms with Gasteiger partial charge in [-0.3, -0.25) is 4.79 Å². The van der Waals surface area contributed by atoms with Crippen LogP contribution in [0.25, 0.3) is 6.08 Å². The summed E-state index contributed by atoms with van der Waals surface area (Å²) in [5.74, 6) is 0.238. The van der Waals surface area contributed by atoms with Crippen molar-refractivity contribution in [3.8, 4) is 17.2 Å². The van der Waals surface area contributed by atoms with Crippen molar-refractivity contribution in [2.45, 2.75) is 52.4 Å². The molecule has 1 aromatic carbocycles. The first-order valence-electron chi connectivity index (χ1n) is 8.01. The third kappa shape index (κ3) is 2.80. The number of fused-ring (bicyclic) bond motifs is 2. The number of ketones is 1. The van der Waals surface area contributed by atoms with E-state index in [0.29, 0.717) is 23.3 Å². The molecular weight excluding hydrogens is 308 g/mol. The lowest BCUT2D eigenvalue weighted by Crippen LogP contribution is -2.31. The predicted octanol–water partition coefficient (Wildman–Crippen LogP) is 3.37. The highest BCUT2D eigenvalue weighted by atomic mass is 16.6. The van der Waals surface area contributed by atoms with Crippen LogP contribution < -0.4 is 9.47 Å². The SMILES string of the molecule is CC(C)=CCc1c2c(c(O)c3c1OC(O)CC3=O)C=CC(C)(C)O2. The number of phenolic OH excluding ortho intramolecular Hbond substituents is 1. The number of phenols is 1. The number of hydrogen-bond donors (Lipinski definition) is 2. The van der Waals surface area contributed by atoms with Crippen LogP contribution in [-0.2, 0) is 6.42 Å². The van der Waals surface area contributed by atoms with E-state index in [-0.39, 0.29) is 29.3 Å². The molecule has 1 unspecified atom stereocenters. The summed E-state index contributed by atoms with van der Waals surface area (Å²) < 4.78 is 11.6. The van der Waals surface area contributed by atoms with Crippen LogP contribution in [0.1, 0.15) is 55.6 Å². The number of hydrogen-bond acceptors (Lipinski definition) is 5. The number of aliphatic hydroxyl groups excluding tert-OH is 1. The van der Waals surface area contributed by atoms with Crippen LogP contribution in [0.4, 0.5) is 0 Å². The number of carbonyl (C=O) groups excluding carboxylic acids is 1. The molecule has 5 nitrogen and oxygen atoms in total. The smallest absolute Gasteiger partial charge is 0.204 e. The van der Waals surface area contributed by atoms with Gasteiger partial charge in [0.15, 0.2) is 5.78 Å². The van der Waals surface area contributed by atoms with Crippen LogP contribution in [0.15, 0.2) is 17.7 Å². The Morgan fingerprint density at radius 3 is 2.75 bits per heavy atom. The third-order valence-electron chi connectivity index (χ3n) is 4.14. The van der Waals surface area contributed by atoms with Gasteiger partial charge in [-0.05, 0) is 46.3 Å². The van der Waals surface area contributed by atoms with Crippen LogP contribution in [0.3, 0.4) is 0 Å². The molecule has 0 bridgehead atoms. The second kappa shape index (κ2) is 5.67. The quantitative estimate of drug-likeness (QED) is 0.813. The molecule has 0 saturated carbocycles. The largest absolute Gasteiger partial charge is 0.506 e. The van der Waals surface area contributed by atoms with E-state index in [9.17, 15) is 15.0 Å². The van der Waals surface area contributed by atoms with Crippen LogP contribution in [0.5, 0.6) is 17.2 Å². The molecule has 24 heavy (non-hydrogen) atoms. The zero-order valence-corrected chi connectivity index (χ0v) is 14.3. The van der Waals surface area contributed by atoms with E-state index in [0.717, 1.165) is 5.57 Å². The van der Waals surface area contributed by atoms with Crippen molar-refractivity contribution < 1.29 is 24.5 Å². The van der Waals surface area contributed by atoms with E-state index in [4.69, 9.17) is 9.47 Å². The van der Waals surface area contributed by atoms with Gasteiger partial charge in [-0.2, -0.15) is 0 Å². The molecule has 2 heterocycles. The van der Waals surface area contributed by atoms with Crippen molar-refractivity contribution >= 4 is 11.9 Å². The van der Waals surface area contributed by atoms with Crippen molar-refractivity contribution in [2.24, 2.45) is 0 Å². The summed E-state index contributed by atoms with van der Waals surface area (Å²) >= 11 is 0. The molecular formula is C19H22O5. The summed E-state index contributed by atoms with van der Waals surface area (Å²) in [5.41, 5.74) is 1.86. The van der Waals surface area contributed by atoms with Crippen LogP contribution in [0, 0.1) is 0 Å². The third-order valence-corrected chi connectivity index (χ3v) is 4.14. The average Bonchev–Trinajstić information content (AvgIpc) is 2.44. The highest BCUT2D eigenvalue weighted by Gasteiger charge is 2.36. The molecule has 0 aliphatic carbocycles. The summed E-state index contributed by atoms with van der Waals surface area (Å²) in [6.45, 7) is 7.78. The normalized spacial score (nSPS) is 20.5. The standard InChI is InChI=1S/C19H22O5/c1-10(2)5-6-12-17-11(7-8-19(3,4)24-17)16(22)15-13(20)9-14(21)23-18(12)15/h5,7-8,14,21-22H,6,9H2,1-4H3. The first-order chi connectivity index (χ1) is 11.2. The minimum Gasteiger partial charge on any atom is -0.506 e. The minimum absolute atomic E-state index is 0.129. The van der Waals surface area contributed by atoms with Gasteiger partial charge in [-0.1, -0.05) is 11.6 Å². The van der Waals surface area contributed by atoms with Crippen molar-refractivity contribution in [2.75, 3.05) is 0 Å². The number of Topliss-reactive ketones (excluding diaryl/α,β-unsaturated/α-hetero) is 1. The van der Waals surface area contributed by atoms with Crippen LogP contribution in [-0.4, -0.2) is 27.9 Å². The molecule has 2 N–H and O–H groups in total. The molecule has 5 heteroatoms. The van der Waals surface area contributed by atoms with Gasteiger partial charge in [0.05, 0.1) is 12.0 Å². The zero-order chi connectivity index (χ0) is 17.6. The Kier molecular flexibility index (Phi) is 3.92. The summed E-state index contributed by atoms with van der Waals surface area (Å²) in [5, 5.41) is 20.4. The highest BCUT2D eigenvalue weighted by molar-refractivity contribution is 6.04. The van der Waals surface area contributed by atoms with Gasteiger partial charge in [0.25, 0.3) is 0 Å². The Balaban J connectivity index is 2.29. The van der Waals surface area contributed by atoms with Crippen molar-refractivity contribution in [1.82, 2.24) is 0 Å². The molecule has 2 aliphatic rings. The lowest BCUT2D eigenvalue weighted by atomic mass is 9.90. The van der Waals surface area contributed by atoms with Crippen molar-refractivity contribution in [3.63, 3.8) is 0 Å². The number of carbonyl (C=O) groups is 1. The minimum atomic E-state index is -1.21. The second-order valence-corrected chi connectivity index (χ2v) is 7.00. The molecule has 0 spiro atoms. The lowest BCUT2D eigenvalue weighted by molar-refractivity contribution is -0.0257. The molecule has 1 atom stereocenters. The first kappa shape index (κ1) is 16.6. The topological polar surface area (TPSA) is 76.0 Å². The van der Waals surface area contributed by atoms with Gasteiger partial charge in [0.2, 0.25) is 6.29 Å². The fourth-order valence-corrected chi connectivity index (χ4v) is 2.94. The monoisotopic (exact) mass is 330 g/mol. The number of ether oxygens (including phenoxy) is 2. The van der Waals surface area contributed by atoms with Crippen molar-refractivity contribution in [1.29, 1.82) is 0 Å². The fraction of sp³-hybridized carbons (Fsp3) is 0.421. The fourth-order valence-electron chi connectivity index (χ4n) is 2.94. The van der Waals surface area contributed by atoms with Gasteiger partial charge in [-0.25, -0.2) is 0 Å². The lowest BCUT2D eigenvalue weighted by Gasteiger charge is -2.33. The molecule has 1 aromatic rings. The second-order valence-electron chi connectivity index (χ2n) is 7.00. The predicted molar refractivity (Wildman–Crippen MR) is 90.6 cm³/mol. The maximum absolute atomic E-state index is 12.3. The molecule has 2 aliphatic heterocycles. The van der Waals surface area contributed by atoms with Crippen LogP contribution >= 0.6 is 0 Å². The molecule has 128 valence electrons. The van der Waals surface area contributed by atoms with Gasteiger partial charge in [0, 0.05) is 5.56 Å². The number of allylic oxidation sites excluding steroid dienone is 2. The molecule has 3 rings (SSSR count). The van der Waals surface area contributed by atoms with Gasteiger partial charge >= 0.3 is 0 Å². The summed E-state index contributed by atoms with van der Waals surface area (Å²) in [6.07, 6.45) is 4.72. The molecule has 0 amide bonds. The molecule has 0 saturated heterocycles. The number of rotatable bonds is 2. The van der Waals surface area contributed by atoms with E-state index in [2.05, 4.69) is 0 Å². The maximum atomic E-state index is 12.3. The van der Waals surface area contributed by atoms with Gasteiger partial charge in [0.1, 0.15) is 28.4 Å². The van der Waals surface area contributed by atoms with E-state index >= 15 is 0 Å². The van der Waals surface area contributed by atoms with E-state index in [1.165, 1.54) is 0 Å². The molecule has 0 radical (unpaired) electrons. The Hall–Kier alpha value is -2.27. The first-order valence-corrected chi connectivity index (χ1v) is 8.01. The summed E-state index contributed by atoms with van der Waals surface area (Å²) in [4.78, 5) is 12.3. The van der Waals surface area contributed by atoms with Gasteiger partial charge < -0.3 is 19.7 Å². The average molecular weight is 330 g/mol. The zero-order valence-electron chi connectivity index (χ0n) is 14.3. The van der Waals surface area contributed by atoms with Crippen LogP contribution in [0.2, 0.25) is 0 Å². The Morgan fingerprint density at radius 2 is 2.08 bits per heavy atom. The maximum Gasteiger partial charge on any atom is 0.204 e. The summed E-state index contributed by atoms with van der Waals surface area (Å²) in [7, 11) is 0. The highest BCUT2D eigenvalue weighted by Crippen LogP contribution is 2.49.